The second-order valence-electron chi connectivity index (χ2n) is 4.86. The van der Waals surface area contributed by atoms with Gasteiger partial charge in [-0.25, -0.2) is 23.5 Å². The molecule has 5 nitrogen and oxygen atoms in total. The monoisotopic (exact) mass is 325 g/mol. The highest BCUT2D eigenvalue weighted by Gasteiger charge is 2.14. The third kappa shape index (κ3) is 2.65. The predicted molar refractivity (Wildman–Crippen MR) is 80.9 cm³/mol. The zero-order chi connectivity index (χ0) is 17.3. The van der Waals surface area contributed by atoms with Gasteiger partial charge in [-0.1, -0.05) is 12.1 Å². The fraction of sp³-hybridized carbons (Fsp3) is 0.0588. The molecule has 0 unspecified atom stereocenters. The molecule has 0 aliphatic carbocycles. The van der Waals surface area contributed by atoms with Crippen LogP contribution < -0.4 is 0 Å². The smallest absolute Gasteiger partial charge is 0.337 e. The van der Waals surface area contributed by atoms with Crippen LogP contribution in [-0.4, -0.2) is 23.0 Å². The molecule has 24 heavy (non-hydrogen) atoms. The van der Waals surface area contributed by atoms with Crippen LogP contribution in [0.2, 0.25) is 0 Å². The van der Waals surface area contributed by atoms with E-state index < -0.39 is 17.6 Å². The molecular formula is C17H9F2N3O2. The summed E-state index contributed by atoms with van der Waals surface area (Å²) in [6.07, 6.45) is 0. The maximum Gasteiger partial charge on any atom is 0.337 e. The lowest BCUT2D eigenvalue weighted by Crippen LogP contribution is -2.01. The van der Waals surface area contributed by atoms with E-state index in [9.17, 15) is 18.8 Å². The van der Waals surface area contributed by atoms with Gasteiger partial charge in [0.2, 0.25) is 0 Å². The number of nitriles is 1. The molecule has 0 aliphatic heterocycles. The van der Waals surface area contributed by atoms with Gasteiger partial charge < -0.3 is 4.74 Å². The number of rotatable bonds is 2. The Labute approximate surface area is 135 Å². The molecule has 0 atom stereocenters. The van der Waals surface area contributed by atoms with Crippen LogP contribution in [-0.2, 0) is 4.74 Å². The topological polar surface area (TPSA) is 75.9 Å². The number of methoxy groups -OCH3 is 1. The van der Waals surface area contributed by atoms with Crippen molar-refractivity contribution in [2.75, 3.05) is 7.11 Å². The van der Waals surface area contributed by atoms with E-state index in [-0.39, 0.29) is 22.4 Å². The first kappa shape index (κ1) is 15.5. The van der Waals surface area contributed by atoms with E-state index in [1.165, 1.54) is 19.2 Å². The van der Waals surface area contributed by atoms with E-state index >= 15 is 0 Å². The summed E-state index contributed by atoms with van der Waals surface area (Å²) in [5.41, 5.74) is 1.24. The van der Waals surface area contributed by atoms with E-state index in [1.54, 1.807) is 12.1 Å². The largest absolute Gasteiger partial charge is 0.465 e. The highest BCUT2D eigenvalue weighted by Crippen LogP contribution is 2.24. The molecule has 0 saturated heterocycles. The number of carbonyl (C=O) groups is 1. The van der Waals surface area contributed by atoms with Gasteiger partial charge in [0.25, 0.3) is 0 Å². The second-order valence-corrected chi connectivity index (χ2v) is 4.86. The number of nitrogens with zero attached hydrogens (tertiary/aromatic N) is 3. The standard InChI is InChI=1S/C17H9F2N3O2/c1-24-17(23)10-4-2-9(3-5-10)16-15(8-20)21-13-6-11(18)12(19)7-14(13)22-16/h2-7H,1H3. The summed E-state index contributed by atoms with van der Waals surface area (Å²) < 4.78 is 31.3. The van der Waals surface area contributed by atoms with Crippen LogP contribution in [0.5, 0.6) is 0 Å². The van der Waals surface area contributed by atoms with Crippen LogP contribution in [0.15, 0.2) is 36.4 Å². The fourth-order valence-electron chi connectivity index (χ4n) is 2.21. The lowest BCUT2D eigenvalue weighted by Gasteiger charge is -2.07. The summed E-state index contributed by atoms with van der Waals surface area (Å²) in [5, 5.41) is 9.25. The van der Waals surface area contributed by atoms with Crippen molar-refractivity contribution in [3.05, 3.63) is 59.3 Å². The van der Waals surface area contributed by atoms with Gasteiger partial charge >= 0.3 is 5.97 Å². The predicted octanol–water partition coefficient (Wildman–Crippen LogP) is 3.23. The number of aromatic nitrogens is 2. The molecule has 0 spiro atoms. The van der Waals surface area contributed by atoms with Gasteiger partial charge in [0.1, 0.15) is 11.8 Å². The van der Waals surface area contributed by atoms with Crippen molar-refractivity contribution >= 4 is 17.0 Å². The van der Waals surface area contributed by atoms with E-state index in [4.69, 9.17) is 0 Å². The fourth-order valence-corrected chi connectivity index (χ4v) is 2.21. The average molecular weight is 325 g/mol. The molecule has 0 aliphatic rings. The van der Waals surface area contributed by atoms with Gasteiger partial charge in [-0.2, -0.15) is 5.26 Å². The molecule has 0 radical (unpaired) electrons. The number of hydrogen-bond donors (Lipinski definition) is 0. The van der Waals surface area contributed by atoms with Gasteiger partial charge in [-0.3, -0.25) is 0 Å². The molecule has 0 bridgehead atoms. The maximum atomic E-state index is 13.4. The van der Waals surface area contributed by atoms with Crippen molar-refractivity contribution in [3.8, 4) is 17.3 Å². The van der Waals surface area contributed by atoms with Gasteiger partial charge in [-0.05, 0) is 12.1 Å². The molecule has 1 heterocycles. The number of ether oxygens (including phenoxy) is 1. The molecule has 1 aromatic heterocycles. The van der Waals surface area contributed by atoms with Crippen molar-refractivity contribution in [2.24, 2.45) is 0 Å². The minimum Gasteiger partial charge on any atom is -0.465 e. The van der Waals surface area contributed by atoms with Crippen LogP contribution in [0.25, 0.3) is 22.3 Å². The summed E-state index contributed by atoms with van der Waals surface area (Å²) >= 11 is 0. The minimum atomic E-state index is -1.06. The van der Waals surface area contributed by atoms with Gasteiger partial charge in [-0.15, -0.1) is 0 Å². The average Bonchev–Trinajstić information content (AvgIpc) is 2.61. The van der Waals surface area contributed by atoms with Crippen LogP contribution in [0, 0.1) is 23.0 Å². The third-order valence-electron chi connectivity index (χ3n) is 3.39. The zero-order valence-corrected chi connectivity index (χ0v) is 12.4. The minimum absolute atomic E-state index is 0.0284. The highest BCUT2D eigenvalue weighted by molar-refractivity contribution is 5.90. The van der Waals surface area contributed by atoms with Crippen molar-refractivity contribution in [2.45, 2.75) is 0 Å². The number of carbonyl (C=O) groups excluding carboxylic acids is 1. The van der Waals surface area contributed by atoms with E-state index in [0.29, 0.717) is 11.1 Å². The van der Waals surface area contributed by atoms with Crippen LogP contribution >= 0.6 is 0 Å². The van der Waals surface area contributed by atoms with Crippen molar-refractivity contribution < 1.29 is 18.3 Å². The van der Waals surface area contributed by atoms with Crippen molar-refractivity contribution in [1.29, 1.82) is 5.26 Å². The van der Waals surface area contributed by atoms with Gasteiger partial charge in [0.15, 0.2) is 17.3 Å². The Balaban J connectivity index is 2.16. The summed E-state index contributed by atoms with van der Waals surface area (Å²) in [6, 6.07) is 9.87. The SMILES string of the molecule is COC(=O)c1ccc(-c2nc3cc(F)c(F)cc3nc2C#N)cc1. The number of fused-ring (bicyclic) bond motifs is 1. The summed E-state index contributed by atoms with van der Waals surface area (Å²) in [4.78, 5) is 19.7. The lowest BCUT2D eigenvalue weighted by molar-refractivity contribution is 0.0601. The van der Waals surface area contributed by atoms with E-state index in [2.05, 4.69) is 14.7 Å². The van der Waals surface area contributed by atoms with Gasteiger partial charge in [0, 0.05) is 17.7 Å². The Hall–Kier alpha value is -3.40. The quantitative estimate of drug-likeness (QED) is 0.676. The second kappa shape index (κ2) is 6.01. The number of benzene rings is 2. The molecule has 0 N–H and O–H groups in total. The lowest BCUT2D eigenvalue weighted by atomic mass is 10.1. The molecule has 2 aromatic carbocycles. The van der Waals surface area contributed by atoms with Crippen LogP contribution in [0.3, 0.4) is 0 Å². The highest BCUT2D eigenvalue weighted by atomic mass is 19.2. The molecule has 0 fully saturated rings. The van der Waals surface area contributed by atoms with Gasteiger partial charge in [0.05, 0.1) is 23.7 Å². The van der Waals surface area contributed by atoms with Crippen molar-refractivity contribution in [3.63, 3.8) is 0 Å². The maximum absolute atomic E-state index is 13.4. The molecule has 0 saturated carbocycles. The summed E-state index contributed by atoms with van der Waals surface area (Å²) in [5.74, 6) is -2.60. The normalized spacial score (nSPS) is 10.4. The number of esters is 1. The van der Waals surface area contributed by atoms with E-state index in [1.807, 2.05) is 6.07 Å². The summed E-state index contributed by atoms with van der Waals surface area (Å²) in [6.45, 7) is 0. The molecule has 0 amide bonds. The Morgan fingerprint density at radius 2 is 1.67 bits per heavy atom. The van der Waals surface area contributed by atoms with E-state index in [0.717, 1.165) is 12.1 Å². The Morgan fingerprint density at radius 1 is 1.08 bits per heavy atom. The Bertz CT molecular complexity index is 995. The first-order valence-electron chi connectivity index (χ1n) is 6.79. The molecule has 3 rings (SSSR count). The van der Waals surface area contributed by atoms with Crippen LogP contribution in [0.1, 0.15) is 16.1 Å². The number of halogens is 2. The number of hydrogen-bond acceptors (Lipinski definition) is 5. The van der Waals surface area contributed by atoms with Crippen LogP contribution in [0.4, 0.5) is 8.78 Å². The molecule has 3 aromatic rings. The zero-order valence-electron chi connectivity index (χ0n) is 12.4. The molecule has 7 heteroatoms. The molecule has 118 valence electrons. The first-order chi connectivity index (χ1) is 11.5. The Kier molecular flexibility index (Phi) is 3.88. The third-order valence-corrected chi connectivity index (χ3v) is 3.39. The molecular weight excluding hydrogens is 316 g/mol. The van der Waals surface area contributed by atoms with Crippen molar-refractivity contribution in [1.82, 2.24) is 9.97 Å². The Morgan fingerprint density at radius 3 is 2.21 bits per heavy atom. The summed E-state index contributed by atoms with van der Waals surface area (Å²) in [7, 11) is 1.27. The first-order valence-corrected chi connectivity index (χ1v) is 6.79.